The fraction of sp³-hybridized carbons (Fsp3) is 0.682. The first-order valence-corrected chi connectivity index (χ1v) is 27.4. The second-order valence-corrected chi connectivity index (χ2v) is 22.4. The standard InChI is InChI=1S/C24H36N4O6S2.C20H35N3O6S2/c1-6-16-21(30)28-20(14(4)5)24(33)34-15-9-7-8-10-35-36-12-17(22(31)25-16)26-23(32)19(13(2)3)27-18(29)11-15;1-12(2)18(15(24)10-17(26)27)23-20(29)14-11-31-30-9-7-5-4-6-8-16(25)21-13(3)19(28)22-14/h6-7,9,13-15,17,19-20H,8,10-12H2,1-5H3,(H,25,31)(H,26,32)(H,27,29)(H,28,30);4-5,12-15,18,20,23-24,29H,6-11H2,1-3H3,(H,21,25)(H,22,28)(H,26,27)/b9-7+,16-6-;5-4+/t15-,17-,19-,20-;13-,14-,15+,18-,20?/m11/s1. The normalized spacial score (nSPS) is 28.0. The van der Waals surface area contributed by atoms with Crippen LogP contribution in [0.15, 0.2) is 36.1 Å². The molecule has 1 unspecified atom stereocenters. The largest absolute Gasteiger partial charge is 0.481 e. The van der Waals surface area contributed by atoms with E-state index >= 15 is 0 Å². The first-order chi connectivity index (χ1) is 31.6. The van der Waals surface area contributed by atoms with Gasteiger partial charge in [0, 0.05) is 35.5 Å². The molecule has 378 valence electrons. The third-order valence-corrected chi connectivity index (χ3v) is 15.3. The Morgan fingerprint density at radius 3 is 2.01 bits per heavy atom. The van der Waals surface area contributed by atoms with Gasteiger partial charge in [-0.1, -0.05) is 109 Å². The number of allylic oxidation sites excluding steroid dienone is 4. The minimum atomic E-state index is -1.22. The van der Waals surface area contributed by atoms with E-state index in [0.717, 1.165) is 12.2 Å². The number of carboxylic acids is 1. The molecule has 0 aromatic carbocycles. The van der Waals surface area contributed by atoms with Crippen molar-refractivity contribution in [1.82, 2.24) is 37.2 Å². The van der Waals surface area contributed by atoms with Gasteiger partial charge in [-0.15, -0.1) is 0 Å². The molecule has 1 saturated heterocycles. The zero-order valence-corrected chi connectivity index (χ0v) is 42.8. The number of aliphatic hydroxyl groups is 2. The number of hydrogen-bond donors (Lipinski definition) is 10. The first kappa shape index (κ1) is 59.4. The molecule has 0 aromatic rings. The molecule has 0 aliphatic carbocycles. The van der Waals surface area contributed by atoms with E-state index in [0.29, 0.717) is 30.8 Å². The number of aliphatic carboxylic acids is 1. The smallest absolute Gasteiger partial charge is 0.329 e. The molecule has 3 aliphatic heterocycles. The van der Waals surface area contributed by atoms with E-state index < -0.39 is 103 Å². The molecule has 6 amide bonds. The highest BCUT2D eigenvalue weighted by Gasteiger charge is 2.35. The second-order valence-electron chi connectivity index (χ2n) is 17.1. The molecular weight excluding hydrogens is 947 g/mol. The van der Waals surface area contributed by atoms with Gasteiger partial charge in [-0.2, -0.15) is 0 Å². The van der Waals surface area contributed by atoms with Gasteiger partial charge < -0.3 is 52.0 Å². The number of rotatable bonds is 9. The van der Waals surface area contributed by atoms with Crippen LogP contribution in [0.2, 0.25) is 0 Å². The minimum Gasteiger partial charge on any atom is -0.481 e. The van der Waals surface area contributed by atoms with Crippen LogP contribution in [-0.2, 0) is 43.1 Å². The number of carboxylic acid groups (broad SMARTS) is 1. The number of fused-ring (bicyclic) bond motifs is 7. The number of nitrogens with one attached hydrogen (secondary N) is 7. The summed E-state index contributed by atoms with van der Waals surface area (Å²) in [7, 11) is 6.07. The summed E-state index contributed by atoms with van der Waals surface area (Å²) in [5, 5.41) is 49.0. The van der Waals surface area contributed by atoms with Gasteiger partial charge in [-0.3, -0.25) is 38.9 Å². The maximum Gasteiger partial charge on any atom is 0.329 e. The molecule has 0 saturated carbocycles. The lowest BCUT2D eigenvalue weighted by molar-refractivity contribution is -0.153. The minimum absolute atomic E-state index is 0.0445. The van der Waals surface area contributed by atoms with Crippen LogP contribution in [0.1, 0.15) is 93.9 Å². The van der Waals surface area contributed by atoms with Crippen molar-refractivity contribution in [2.24, 2.45) is 17.8 Å². The van der Waals surface area contributed by atoms with Crippen LogP contribution in [0, 0.1) is 17.8 Å². The van der Waals surface area contributed by atoms with Crippen molar-refractivity contribution in [2.75, 3.05) is 23.0 Å². The molecule has 0 aromatic heterocycles. The maximum absolute atomic E-state index is 13.2. The number of aliphatic hydroxyl groups excluding tert-OH is 2. The van der Waals surface area contributed by atoms with Crippen LogP contribution in [-0.4, -0.2) is 140 Å². The molecule has 10 N–H and O–H groups in total. The molecular formula is C44H71N7O12S4. The van der Waals surface area contributed by atoms with Crippen LogP contribution in [0.4, 0.5) is 0 Å². The summed E-state index contributed by atoms with van der Waals surface area (Å²) in [4.78, 5) is 101. The van der Waals surface area contributed by atoms with Gasteiger partial charge in [0.2, 0.25) is 29.5 Å². The van der Waals surface area contributed by atoms with Crippen molar-refractivity contribution in [3.8, 4) is 0 Å². The molecule has 1 fully saturated rings. The van der Waals surface area contributed by atoms with Crippen molar-refractivity contribution < 1.29 is 58.4 Å². The Kier molecular flexibility index (Phi) is 27.8. The number of amides is 6. The summed E-state index contributed by atoms with van der Waals surface area (Å²) in [6.07, 6.45) is 7.38. The van der Waals surface area contributed by atoms with E-state index in [-0.39, 0.29) is 41.5 Å². The number of hydrogen-bond acceptors (Lipinski definition) is 16. The van der Waals surface area contributed by atoms with Crippen molar-refractivity contribution in [3.63, 3.8) is 0 Å². The molecule has 0 radical (unpaired) electrons. The fourth-order valence-electron chi connectivity index (χ4n) is 6.51. The third kappa shape index (κ3) is 22.5. The Morgan fingerprint density at radius 2 is 1.40 bits per heavy atom. The number of esters is 1. The third-order valence-electron chi connectivity index (χ3n) is 10.4. The van der Waals surface area contributed by atoms with Gasteiger partial charge in [-0.25, -0.2) is 4.79 Å². The van der Waals surface area contributed by atoms with Crippen molar-refractivity contribution in [2.45, 2.75) is 149 Å². The molecule has 23 heteroatoms. The highest BCUT2D eigenvalue weighted by atomic mass is 33.1. The Balaban J connectivity index is 0.000000466. The van der Waals surface area contributed by atoms with Crippen LogP contribution in [0.25, 0.3) is 0 Å². The van der Waals surface area contributed by atoms with Crippen LogP contribution < -0.4 is 37.2 Å². The van der Waals surface area contributed by atoms with E-state index in [1.807, 2.05) is 18.2 Å². The predicted molar refractivity (Wildman–Crippen MR) is 264 cm³/mol. The summed E-state index contributed by atoms with van der Waals surface area (Å²) in [5.74, 6) is -3.26. The highest BCUT2D eigenvalue weighted by molar-refractivity contribution is 8.77. The van der Waals surface area contributed by atoms with E-state index in [1.165, 1.54) is 38.5 Å². The quantitative estimate of drug-likeness (QED) is 0.0521. The van der Waals surface area contributed by atoms with E-state index in [2.05, 4.69) is 37.2 Å². The van der Waals surface area contributed by atoms with Gasteiger partial charge in [0.05, 0.1) is 25.0 Å². The Morgan fingerprint density at radius 1 is 0.776 bits per heavy atom. The zero-order chi connectivity index (χ0) is 50.2. The summed E-state index contributed by atoms with van der Waals surface area (Å²) in [5.41, 5.74) is -0.0445. The molecule has 19 nitrogen and oxygen atoms in total. The maximum atomic E-state index is 13.2. The average Bonchev–Trinajstić information content (AvgIpc) is 3.25. The lowest BCUT2D eigenvalue weighted by Gasteiger charge is -2.33. The highest BCUT2D eigenvalue weighted by Crippen LogP contribution is 2.25. The Bertz CT molecular complexity index is 1770. The first-order valence-electron chi connectivity index (χ1n) is 22.5. The summed E-state index contributed by atoms with van der Waals surface area (Å²) in [6, 6.07) is -5.02. The topological polar surface area (TPSA) is 291 Å². The summed E-state index contributed by atoms with van der Waals surface area (Å²) >= 11 is 0. The average molecular weight is 1020 g/mol. The van der Waals surface area contributed by atoms with E-state index in [9.17, 15) is 48.6 Å². The van der Waals surface area contributed by atoms with Crippen LogP contribution in [0.5, 0.6) is 0 Å². The summed E-state index contributed by atoms with van der Waals surface area (Å²) in [6.45, 7) is 13.8. The molecule has 2 bridgehead atoms. The SMILES string of the molecule is C/C=C1\NC(=O)[C@H]2CSSCC/C=C/[C@H](CC(=O)N[C@H](C(C)C)C(=O)N2)OC(=O)[C@@H](C(C)C)NC1=O.CC(C)[C@@H](NC(O)[C@H]1CSSCC/C=C/CCC(=O)N[C@H](C)C(=O)N1)[C@@H](O)CC(=O)O. The zero-order valence-electron chi connectivity index (χ0n) is 39.5. The monoisotopic (exact) mass is 1020 g/mol. The van der Waals surface area contributed by atoms with Crippen LogP contribution in [0.3, 0.4) is 0 Å². The predicted octanol–water partition coefficient (Wildman–Crippen LogP) is 2.30. The van der Waals surface area contributed by atoms with Gasteiger partial charge in [0.25, 0.3) is 5.91 Å². The molecule has 3 rings (SSSR count). The Hall–Kier alpha value is -3.74. The molecule has 0 spiro atoms. The Labute approximate surface area is 409 Å². The number of carbonyl (C=O) groups excluding carboxylic acids is 7. The number of ether oxygens (including phenoxy) is 1. The van der Waals surface area contributed by atoms with E-state index in [1.54, 1.807) is 72.3 Å². The summed E-state index contributed by atoms with van der Waals surface area (Å²) < 4.78 is 5.65. The van der Waals surface area contributed by atoms with Crippen molar-refractivity contribution in [3.05, 3.63) is 36.1 Å². The fourth-order valence-corrected chi connectivity index (χ4v) is 10.9. The van der Waals surface area contributed by atoms with Gasteiger partial charge >= 0.3 is 11.9 Å². The number of carbonyl (C=O) groups is 8. The lowest BCUT2D eigenvalue weighted by Crippen LogP contribution is -2.59. The van der Waals surface area contributed by atoms with Gasteiger partial charge in [0.1, 0.15) is 42.2 Å². The van der Waals surface area contributed by atoms with Crippen molar-refractivity contribution >= 4 is 90.6 Å². The molecule has 3 heterocycles. The van der Waals surface area contributed by atoms with Crippen LogP contribution >= 0.6 is 43.2 Å². The van der Waals surface area contributed by atoms with E-state index in [4.69, 9.17) is 9.84 Å². The molecule has 3 aliphatic rings. The molecule has 67 heavy (non-hydrogen) atoms. The van der Waals surface area contributed by atoms with Gasteiger partial charge in [-0.05, 0) is 56.9 Å². The lowest BCUT2D eigenvalue weighted by atomic mass is 9.96. The second kappa shape index (κ2) is 31.4. The van der Waals surface area contributed by atoms with Crippen molar-refractivity contribution in [1.29, 1.82) is 0 Å². The van der Waals surface area contributed by atoms with Gasteiger partial charge in [0.15, 0.2) is 0 Å². The molecule has 9 atom stereocenters.